The lowest BCUT2D eigenvalue weighted by Crippen LogP contribution is -2.24. The van der Waals surface area contributed by atoms with Gasteiger partial charge in [-0.2, -0.15) is 0 Å². The number of nitrogens with zero attached hydrogens (tertiary/aromatic N) is 3. The van der Waals surface area contributed by atoms with Gasteiger partial charge in [0, 0.05) is 10.9 Å². The number of primary amides is 1. The molecule has 1 fully saturated rings. The maximum Gasteiger partial charge on any atom is 0.251 e. The number of nitrogens with one attached hydrogen (secondary N) is 1. The number of aryl methyl sites for hydroxylation is 1. The van der Waals surface area contributed by atoms with Crippen molar-refractivity contribution in [3.63, 3.8) is 0 Å². The zero-order valence-corrected chi connectivity index (χ0v) is 18.8. The minimum absolute atomic E-state index is 0.162. The van der Waals surface area contributed by atoms with Crippen molar-refractivity contribution in [1.82, 2.24) is 14.8 Å². The van der Waals surface area contributed by atoms with Gasteiger partial charge in [-0.25, -0.2) is 0 Å². The first-order valence-corrected chi connectivity index (χ1v) is 12.5. The monoisotopic (exact) mass is 459 g/mol. The zero-order valence-electron chi connectivity index (χ0n) is 16.4. The molecule has 3 aromatic rings. The van der Waals surface area contributed by atoms with Crippen LogP contribution in [0.4, 0.5) is 5.00 Å². The Hall–Kier alpha value is -2.17. The lowest BCUT2D eigenvalue weighted by molar-refractivity contribution is -0.115. The van der Waals surface area contributed by atoms with Crippen molar-refractivity contribution in [2.75, 3.05) is 5.32 Å². The van der Waals surface area contributed by atoms with Crippen LogP contribution in [0.5, 0.6) is 0 Å². The Bertz CT molecular complexity index is 1110. The van der Waals surface area contributed by atoms with Crippen LogP contribution in [0, 0.1) is 0 Å². The summed E-state index contributed by atoms with van der Waals surface area (Å²) in [4.78, 5) is 27.1. The molecule has 2 aliphatic rings. The Kier molecular flexibility index (Phi) is 5.16. The number of hydrogen-bond donors (Lipinski definition) is 2. The normalized spacial score (nSPS) is 16.4. The number of thioether (sulfide) groups is 1. The highest BCUT2D eigenvalue weighted by Gasteiger charge is 2.32. The summed E-state index contributed by atoms with van der Waals surface area (Å²) < 4.78 is 2.16. The molecule has 1 atom stereocenters. The molecule has 2 aliphatic carbocycles. The summed E-state index contributed by atoms with van der Waals surface area (Å²) in [6.45, 7) is 1.85. The standard InChI is InChI=1S/C20H21N5O2S3/c1-10(18(27)22-19-15(16(21)26)12-4-2-5-13(12)30-19)29-20-24-23-17(14-6-3-9-28-14)25(20)11-7-8-11/h3,6,9-11H,2,4-5,7-8H2,1H3,(H2,21,26)(H,22,27)/t10-/m0/s1. The fraction of sp³-hybridized carbons (Fsp3) is 0.400. The van der Waals surface area contributed by atoms with Crippen LogP contribution in [0.1, 0.15) is 53.0 Å². The SMILES string of the molecule is C[C@H](Sc1nnc(-c2cccs2)n1C1CC1)C(=O)Nc1sc2c(c1C(N)=O)CCC2. The molecule has 3 N–H and O–H groups in total. The predicted octanol–water partition coefficient (Wildman–Crippen LogP) is 4.11. The highest BCUT2D eigenvalue weighted by atomic mass is 32.2. The molecule has 1 saturated carbocycles. The van der Waals surface area contributed by atoms with Gasteiger partial charge in [-0.3, -0.25) is 14.2 Å². The van der Waals surface area contributed by atoms with E-state index in [1.807, 2.05) is 24.4 Å². The number of nitrogens with two attached hydrogens (primary N) is 1. The maximum atomic E-state index is 12.9. The van der Waals surface area contributed by atoms with Crippen molar-refractivity contribution in [3.05, 3.63) is 33.5 Å². The first-order valence-electron chi connectivity index (χ1n) is 9.93. The molecule has 5 rings (SSSR count). The first kappa shape index (κ1) is 19.8. The molecular weight excluding hydrogens is 438 g/mol. The predicted molar refractivity (Wildman–Crippen MR) is 120 cm³/mol. The Balaban J connectivity index is 1.35. The fourth-order valence-electron chi connectivity index (χ4n) is 3.77. The smallest absolute Gasteiger partial charge is 0.251 e. The number of anilines is 1. The molecule has 156 valence electrons. The van der Waals surface area contributed by atoms with Crippen molar-refractivity contribution in [2.24, 2.45) is 5.73 Å². The van der Waals surface area contributed by atoms with E-state index >= 15 is 0 Å². The van der Waals surface area contributed by atoms with E-state index in [1.165, 1.54) is 23.1 Å². The second kappa shape index (κ2) is 7.82. The largest absolute Gasteiger partial charge is 0.365 e. The van der Waals surface area contributed by atoms with E-state index in [0.29, 0.717) is 16.6 Å². The lowest BCUT2D eigenvalue weighted by Gasteiger charge is -2.13. The van der Waals surface area contributed by atoms with Crippen LogP contribution in [0.3, 0.4) is 0 Å². The van der Waals surface area contributed by atoms with Gasteiger partial charge in [0.15, 0.2) is 11.0 Å². The first-order chi connectivity index (χ1) is 14.5. The third-order valence-electron chi connectivity index (χ3n) is 5.37. The van der Waals surface area contributed by atoms with Gasteiger partial charge in [0.05, 0.1) is 15.7 Å². The molecule has 0 unspecified atom stereocenters. The molecule has 0 bridgehead atoms. The second-order valence-electron chi connectivity index (χ2n) is 7.56. The highest BCUT2D eigenvalue weighted by Crippen LogP contribution is 2.43. The van der Waals surface area contributed by atoms with Gasteiger partial charge in [0.1, 0.15) is 5.00 Å². The van der Waals surface area contributed by atoms with E-state index in [9.17, 15) is 9.59 Å². The molecule has 0 saturated heterocycles. The summed E-state index contributed by atoms with van der Waals surface area (Å²) in [5.74, 6) is 0.234. The maximum absolute atomic E-state index is 12.9. The minimum Gasteiger partial charge on any atom is -0.365 e. The highest BCUT2D eigenvalue weighted by molar-refractivity contribution is 8.00. The Morgan fingerprint density at radius 2 is 2.17 bits per heavy atom. The quantitative estimate of drug-likeness (QED) is 0.518. The minimum atomic E-state index is -0.473. The summed E-state index contributed by atoms with van der Waals surface area (Å²) in [6, 6.07) is 4.44. The summed E-state index contributed by atoms with van der Waals surface area (Å²) in [5, 5.41) is 14.7. The fourth-order valence-corrected chi connectivity index (χ4v) is 6.69. The average molecular weight is 460 g/mol. The molecule has 2 amide bonds. The Morgan fingerprint density at radius 3 is 2.87 bits per heavy atom. The summed E-state index contributed by atoms with van der Waals surface area (Å²) in [6.07, 6.45) is 5.03. The van der Waals surface area contributed by atoms with E-state index in [0.717, 1.165) is 58.4 Å². The summed E-state index contributed by atoms with van der Waals surface area (Å²) >= 11 is 4.51. The van der Waals surface area contributed by atoms with Crippen LogP contribution in [0.25, 0.3) is 10.7 Å². The number of rotatable bonds is 7. The van der Waals surface area contributed by atoms with Gasteiger partial charge >= 0.3 is 0 Å². The average Bonchev–Trinajstić information content (AvgIpc) is 3.11. The summed E-state index contributed by atoms with van der Waals surface area (Å²) in [7, 11) is 0. The van der Waals surface area contributed by atoms with Crippen molar-refractivity contribution >= 4 is 51.3 Å². The Morgan fingerprint density at radius 1 is 1.33 bits per heavy atom. The Labute approximate surface area is 186 Å². The third kappa shape index (κ3) is 3.57. The number of aromatic nitrogens is 3. The van der Waals surface area contributed by atoms with E-state index < -0.39 is 5.91 Å². The molecular formula is C20H21N5O2S3. The van der Waals surface area contributed by atoms with Gasteiger partial charge < -0.3 is 11.1 Å². The number of thiophene rings is 2. The molecule has 30 heavy (non-hydrogen) atoms. The zero-order chi connectivity index (χ0) is 20.8. The lowest BCUT2D eigenvalue weighted by atomic mass is 10.1. The van der Waals surface area contributed by atoms with Crippen LogP contribution >= 0.6 is 34.4 Å². The van der Waals surface area contributed by atoms with Gasteiger partial charge in [-0.15, -0.1) is 32.9 Å². The van der Waals surface area contributed by atoms with E-state index in [-0.39, 0.29) is 11.2 Å². The van der Waals surface area contributed by atoms with Crippen LogP contribution in [-0.4, -0.2) is 31.8 Å². The van der Waals surface area contributed by atoms with Crippen molar-refractivity contribution < 1.29 is 9.59 Å². The van der Waals surface area contributed by atoms with Crippen LogP contribution in [0.15, 0.2) is 22.7 Å². The third-order valence-corrected chi connectivity index (χ3v) is 8.50. The molecule has 0 radical (unpaired) electrons. The van der Waals surface area contributed by atoms with Crippen LogP contribution < -0.4 is 11.1 Å². The number of carbonyl (C=O) groups is 2. The number of carbonyl (C=O) groups excluding carboxylic acids is 2. The van der Waals surface area contributed by atoms with Crippen molar-refractivity contribution in [1.29, 1.82) is 0 Å². The molecule has 7 nitrogen and oxygen atoms in total. The van der Waals surface area contributed by atoms with E-state index in [2.05, 4.69) is 20.1 Å². The summed E-state index contributed by atoms with van der Waals surface area (Å²) in [5.41, 5.74) is 7.10. The van der Waals surface area contributed by atoms with Gasteiger partial charge in [0.2, 0.25) is 5.91 Å². The van der Waals surface area contributed by atoms with E-state index in [1.54, 1.807) is 11.3 Å². The van der Waals surface area contributed by atoms with Gasteiger partial charge in [-0.1, -0.05) is 17.8 Å². The molecule has 0 aliphatic heterocycles. The van der Waals surface area contributed by atoms with Crippen molar-refractivity contribution in [2.45, 2.75) is 55.5 Å². The van der Waals surface area contributed by atoms with Gasteiger partial charge in [-0.05, 0) is 56.0 Å². The second-order valence-corrected chi connectivity index (χ2v) is 10.9. The van der Waals surface area contributed by atoms with E-state index in [4.69, 9.17) is 5.73 Å². The number of hydrogen-bond acceptors (Lipinski definition) is 7. The molecule has 0 spiro atoms. The number of amides is 2. The molecule has 3 heterocycles. The molecule has 0 aromatic carbocycles. The molecule has 3 aromatic heterocycles. The molecule has 10 heteroatoms. The van der Waals surface area contributed by atoms with Crippen LogP contribution in [-0.2, 0) is 17.6 Å². The van der Waals surface area contributed by atoms with Crippen molar-refractivity contribution in [3.8, 4) is 10.7 Å². The van der Waals surface area contributed by atoms with Gasteiger partial charge in [0.25, 0.3) is 5.91 Å². The number of fused-ring (bicyclic) bond motifs is 1. The topological polar surface area (TPSA) is 103 Å². The van der Waals surface area contributed by atoms with Crippen LogP contribution in [0.2, 0.25) is 0 Å².